The molecule has 0 saturated heterocycles. The summed E-state index contributed by atoms with van der Waals surface area (Å²) in [6.45, 7) is 6.16. The Morgan fingerprint density at radius 2 is 1.65 bits per heavy atom. The highest BCUT2D eigenvalue weighted by molar-refractivity contribution is 5.95. The van der Waals surface area contributed by atoms with Crippen molar-refractivity contribution < 1.29 is 29.7 Å². The molecule has 0 aromatic carbocycles. The summed E-state index contributed by atoms with van der Waals surface area (Å²) in [7, 11) is 0. The summed E-state index contributed by atoms with van der Waals surface area (Å²) >= 11 is 0. The van der Waals surface area contributed by atoms with Gasteiger partial charge in [0.05, 0.1) is 11.1 Å². The van der Waals surface area contributed by atoms with E-state index < -0.39 is 17.9 Å². The Balaban J connectivity index is 5.84. The van der Waals surface area contributed by atoms with Crippen LogP contribution in [0.5, 0.6) is 0 Å². The van der Waals surface area contributed by atoms with Gasteiger partial charge in [-0.25, -0.2) is 14.4 Å². The Morgan fingerprint density at radius 1 is 1.10 bits per heavy atom. The molecule has 0 unspecified atom stereocenters. The van der Waals surface area contributed by atoms with Gasteiger partial charge in [-0.2, -0.15) is 0 Å². The Bertz CT molecular complexity index is 544. The fourth-order valence-corrected chi connectivity index (χ4v) is 1.43. The Morgan fingerprint density at radius 3 is 1.95 bits per heavy atom. The van der Waals surface area contributed by atoms with E-state index in [1.165, 1.54) is 6.92 Å². The largest absolute Gasteiger partial charge is 0.478 e. The van der Waals surface area contributed by atoms with E-state index in [0.717, 1.165) is 6.08 Å². The number of aliphatic carboxylic acids is 3. The van der Waals surface area contributed by atoms with Crippen molar-refractivity contribution in [2.45, 2.75) is 26.7 Å². The molecule has 0 amide bonds. The van der Waals surface area contributed by atoms with E-state index in [1.807, 2.05) is 0 Å². The van der Waals surface area contributed by atoms with E-state index in [9.17, 15) is 14.4 Å². The van der Waals surface area contributed by atoms with Gasteiger partial charge in [-0.3, -0.25) is 0 Å². The Kier molecular flexibility index (Phi) is 6.75. The maximum absolute atomic E-state index is 11.2. The number of hydrogen-bond acceptors (Lipinski definition) is 3. The van der Waals surface area contributed by atoms with Crippen LogP contribution >= 0.6 is 0 Å². The number of carboxylic acids is 3. The first kappa shape index (κ1) is 17.4. The van der Waals surface area contributed by atoms with Gasteiger partial charge in [0.1, 0.15) is 0 Å². The molecule has 0 bridgehead atoms. The van der Waals surface area contributed by atoms with Crippen LogP contribution in [0.4, 0.5) is 0 Å². The standard InChI is InChI=1S/C14H16O6/c1-4-9(7-10(5-2)13(17)18)11(14(19)20)6-8(3)12(15)16/h6H,2,4,7H2,1,3H3,(H,15,16)(H,17,18)(H,19,20). The van der Waals surface area contributed by atoms with Crippen LogP contribution in [0, 0.1) is 0 Å². The van der Waals surface area contributed by atoms with Crippen molar-refractivity contribution in [3.05, 3.63) is 40.7 Å². The molecule has 20 heavy (non-hydrogen) atoms. The van der Waals surface area contributed by atoms with Crippen LogP contribution in [0.15, 0.2) is 40.7 Å². The average molecular weight is 280 g/mol. The lowest BCUT2D eigenvalue weighted by Crippen LogP contribution is -2.08. The summed E-state index contributed by atoms with van der Waals surface area (Å²) in [6.07, 6.45) is 1.13. The number of carbonyl (C=O) groups is 3. The molecule has 0 aromatic rings. The first-order valence-corrected chi connectivity index (χ1v) is 5.73. The highest BCUT2D eigenvalue weighted by Gasteiger charge is 2.16. The zero-order valence-electron chi connectivity index (χ0n) is 11.3. The first-order valence-electron chi connectivity index (χ1n) is 5.73. The van der Waals surface area contributed by atoms with E-state index >= 15 is 0 Å². The number of hydrogen-bond donors (Lipinski definition) is 3. The number of carboxylic acid groups (broad SMARTS) is 3. The molecule has 0 radical (unpaired) electrons. The van der Waals surface area contributed by atoms with E-state index in [4.69, 9.17) is 15.3 Å². The topological polar surface area (TPSA) is 112 Å². The Hall–Kier alpha value is -2.59. The molecule has 0 rings (SSSR count). The summed E-state index contributed by atoms with van der Waals surface area (Å²) in [5, 5.41) is 26.8. The predicted molar refractivity (Wildman–Crippen MR) is 71.3 cm³/mol. The van der Waals surface area contributed by atoms with Gasteiger partial charge in [-0.1, -0.05) is 19.1 Å². The van der Waals surface area contributed by atoms with Crippen LogP contribution in [-0.4, -0.2) is 33.2 Å². The summed E-state index contributed by atoms with van der Waals surface area (Å²) in [4.78, 5) is 32.8. The van der Waals surface area contributed by atoms with Crippen molar-refractivity contribution in [1.82, 2.24) is 0 Å². The molecule has 0 spiro atoms. The van der Waals surface area contributed by atoms with Gasteiger partial charge in [0, 0.05) is 12.0 Å². The molecule has 108 valence electrons. The van der Waals surface area contributed by atoms with E-state index in [1.54, 1.807) is 6.92 Å². The second kappa shape index (κ2) is 7.76. The monoisotopic (exact) mass is 280 g/mol. The summed E-state index contributed by atoms with van der Waals surface area (Å²) in [6, 6.07) is 0. The van der Waals surface area contributed by atoms with Crippen LogP contribution in [-0.2, 0) is 14.4 Å². The molecule has 0 aliphatic rings. The lowest BCUT2D eigenvalue weighted by atomic mass is 9.96. The molecule has 0 fully saturated rings. The SMILES string of the molecule is C=C=C(CC(CC)=C(C=C(C)C(=O)O)C(=O)O)C(=O)O. The molecule has 0 aliphatic carbocycles. The first-order chi connectivity index (χ1) is 9.24. The summed E-state index contributed by atoms with van der Waals surface area (Å²) in [5.41, 5.74) is 2.01. The van der Waals surface area contributed by atoms with Crippen LogP contribution in [0.3, 0.4) is 0 Å². The molecule has 0 aliphatic heterocycles. The predicted octanol–water partition coefficient (Wildman–Crippen LogP) is 1.99. The average Bonchev–Trinajstić information content (AvgIpc) is 2.36. The second-order valence-electron chi connectivity index (χ2n) is 3.95. The highest BCUT2D eigenvalue weighted by Crippen LogP contribution is 2.20. The third kappa shape index (κ3) is 4.96. The van der Waals surface area contributed by atoms with E-state index in [0.29, 0.717) is 5.57 Å². The third-order valence-corrected chi connectivity index (χ3v) is 2.60. The molecular formula is C14H16O6. The van der Waals surface area contributed by atoms with Crippen LogP contribution in [0.25, 0.3) is 0 Å². The molecule has 0 saturated carbocycles. The lowest BCUT2D eigenvalue weighted by Gasteiger charge is -2.08. The van der Waals surface area contributed by atoms with Crippen LogP contribution in [0.2, 0.25) is 0 Å². The minimum Gasteiger partial charge on any atom is -0.478 e. The summed E-state index contributed by atoms with van der Waals surface area (Å²) < 4.78 is 0. The fourth-order valence-electron chi connectivity index (χ4n) is 1.43. The van der Waals surface area contributed by atoms with Crippen molar-refractivity contribution in [3.63, 3.8) is 0 Å². The highest BCUT2D eigenvalue weighted by atomic mass is 16.4. The second-order valence-corrected chi connectivity index (χ2v) is 3.95. The van der Waals surface area contributed by atoms with Gasteiger partial charge >= 0.3 is 17.9 Å². The minimum atomic E-state index is -1.31. The van der Waals surface area contributed by atoms with Gasteiger partial charge in [0.25, 0.3) is 0 Å². The quantitative estimate of drug-likeness (QED) is 0.373. The molecular weight excluding hydrogens is 264 g/mol. The van der Waals surface area contributed by atoms with Crippen LogP contribution in [0.1, 0.15) is 26.7 Å². The maximum Gasteiger partial charge on any atom is 0.339 e. The van der Waals surface area contributed by atoms with Crippen molar-refractivity contribution in [1.29, 1.82) is 0 Å². The van der Waals surface area contributed by atoms with Gasteiger partial charge in [0.15, 0.2) is 0 Å². The van der Waals surface area contributed by atoms with Gasteiger partial charge in [-0.05, 0) is 19.4 Å². The molecule has 6 heteroatoms. The normalized spacial score (nSPS) is 12.2. The maximum atomic E-state index is 11.2. The number of rotatable bonds is 7. The Labute approximate surface area is 116 Å². The fraction of sp³-hybridized carbons (Fsp3) is 0.286. The van der Waals surface area contributed by atoms with Gasteiger partial charge in [-0.15, -0.1) is 5.73 Å². The molecule has 6 nitrogen and oxygen atoms in total. The number of allylic oxidation sites excluding steroid dienone is 1. The lowest BCUT2D eigenvalue weighted by molar-refractivity contribution is -0.134. The van der Waals surface area contributed by atoms with Crippen molar-refractivity contribution >= 4 is 17.9 Å². The van der Waals surface area contributed by atoms with E-state index in [2.05, 4.69) is 12.3 Å². The molecule has 3 N–H and O–H groups in total. The third-order valence-electron chi connectivity index (χ3n) is 2.60. The van der Waals surface area contributed by atoms with Crippen molar-refractivity contribution in [2.75, 3.05) is 0 Å². The van der Waals surface area contributed by atoms with E-state index in [-0.39, 0.29) is 29.6 Å². The van der Waals surface area contributed by atoms with Gasteiger partial charge < -0.3 is 15.3 Å². The van der Waals surface area contributed by atoms with Crippen molar-refractivity contribution in [2.24, 2.45) is 0 Å². The minimum absolute atomic E-state index is 0.146. The van der Waals surface area contributed by atoms with Crippen molar-refractivity contribution in [3.8, 4) is 0 Å². The smallest absolute Gasteiger partial charge is 0.339 e. The van der Waals surface area contributed by atoms with Crippen LogP contribution < -0.4 is 0 Å². The molecule has 0 atom stereocenters. The molecule has 0 heterocycles. The van der Waals surface area contributed by atoms with Gasteiger partial charge in [0.2, 0.25) is 0 Å². The zero-order valence-corrected chi connectivity index (χ0v) is 11.3. The zero-order chi connectivity index (χ0) is 15.9. The summed E-state index contributed by atoms with van der Waals surface area (Å²) in [5.74, 6) is -3.79. The molecule has 0 aromatic heterocycles.